The highest BCUT2D eigenvalue weighted by molar-refractivity contribution is 6.07. The van der Waals surface area contributed by atoms with E-state index in [1.54, 1.807) is 22.2 Å². The molecular formula is C34H36N2O4. The lowest BCUT2D eigenvalue weighted by Crippen LogP contribution is -2.37. The number of carbonyl (C=O) groups excluding carboxylic acids is 2. The summed E-state index contributed by atoms with van der Waals surface area (Å²) >= 11 is 0. The molecule has 3 aromatic rings. The van der Waals surface area contributed by atoms with Crippen LogP contribution in [0.4, 0.5) is 9.59 Å². The first-order valence-corrected chi connectivity index (χ1v) is 13.6. The van der Waals surface area contributed by atoms with E-state index >= 15 is 0 Å². The smallest absolute Gasteiger partial charge is 0.415 e. The van der Waals surface area contributed by atoms with Crippen LogP contribution in [0.3, 0.4) is 0 Å². The van der Waals surface area contributed by atoms with Crippen LogP contribution in [0.2, 0.25) is 0 Å². The number of ether oxygens (including phenoxy) is 2. The second kappa shape index (κ2) is 10.3. The van der Waals surface area contributed by atoms with Crippen molar-refractivity contribution in [3.63, 3.8) is 0 Å². The third-order valence-corrected chi connectivity index (χ3v) is 6.72. The number of carbonyl (C=O) groups is 2. The van der Waals surface area contributed by atoms with Crippen molar-refractivity contribution in [2.24, 2.45) is 0 Å². The molecule has 0 bridgehead atoms. The van der Waals surface area contributed by atoms with E-state index in [1.807, 2.05) is 102 Å². The molecule has 40 heavy (non-hydrogen) atoms. The number of rotatable bonds is 2. The lowest BCUT2D eigenvalue weighted by Gasteiger charge is -2.35. The molecule has 0 saturated heterocycles. The van der Waals surface area contributed by atoms with Crippen molar-refractivity contribution in [3.8, 4) is 0 Å². The molecular weight excluding hydrogens is 500 g/mol. The van der Waals surface area contributed by atoms with Gasteiger partial charge in [0.1, 0.15) is 11.2 Å². The van der Waals surface area contributed by atoms with E-state index in [-0.39, 0.29) is 12.1 Å². The highest BCUT2D eigenvalue weighted by Crippen LogP contribution is 2.44. The maximum atomic E-state index is 13.4. The molecule has 0 fully saturated rings. The van der Waals surface area contributed by atoms with Crippen LogP contribution in [0.15, 0.2) is 97.4 Å². The third-order valence-electron chi connectivity index (χ3n) is 6.72. The first-order chi connectivity index (χ1) is 18.9. The quantitative estimate of drug-likeness (QED) is 0.307. The fraction of sp³-hybridized carbons (Fsp3) is 0.294. The highest BCUT2D eigenvalue weighted by Gasteiger charge is 2.34. The normalized spacial score (nSPS) is 18.9. The monoisotopic (exact) mass is 536 g/mol. The Morgan fingerprint density at radius 2 is 0.900 bits per heavy atom. The van der Waals surface area contributed by atoms with Gasteiger partial charge in [0.25, 0.3) is 0 Å². The van der Waals surface area contributed by atoms with Gasteiger partial charge in [-0.2, -0.15) is 0 Å². The van der Waals surface area contributed by atoms with Crippen LogP contribution in [0.1, 0.15) is 64.8 Å². The van der Waals surface area contributed by atoms with Crippen molar-refractivity contribution >= 4 is 33.7 Å². The first-order valence-electron chi connectivity index (χ1n) is 13.6. The summed E-state index contributed by atoms with van der Waals surface area (Å²) in [4.78, 5) is 30.0. The Balaban J connectivity index is 1.73. The Morgan fingerprint density at radius 3 is 1.20 bits per heavy atom. The zero-order chi connectivity index (χ0) is 28.7. The summed E-state index contributed by atoms with van der Waals surface area (Å²) in [7, 11) is 0. The average molecular weight is 537 g/mol. The molecule has 0 aliphatic carbocycles. The van der Waals surface area contributed by atoms with Gasteiger partial charge in [0.2, 0.25) is 0 Å². The molecule has 2 aliphatic rings. The summed E-state index contributed by atoms with van der Waals surface area (Å²) in [6.07, 6.45) is 14.4. The van der Waals surface area contributed by atoms with Crippen molar-refractivity contribution in [2.75, 3.05) is 0 Å². The van der Waals surface area contributed by atoms with Gasteiger partial charge in [0.05, 0.1) is 12.1 Å². The number of benzene rings is 3. The van der Waals surface area contributed by atoms with E-state index in [1.165, 1.54) is 0 Å². The van der Waals surface area contributed by atoms with Crippen molar-refractivity contribution < 1.29 is 19.1 Å². The molecule has 0 radical (unpaired) electrons. The molecule has 3 aromatic carbocycles. The van der Waals surface area contributed by atoms with Crippen LogP contribution in [-0.4, -0.2) is 33.2 Å². The number of hydrogen-bond donors (Lipinski definition) is 0. The summed E-state index contributed by atoms with van der Waals surface area (Å²) in [6.45, 7) is 11.2. The second-order valence-electron chi connectivity index (χ2n) is 12.0. The minimum atomic E-state index is -0.628. The number of allylic oxidation sites excluding steroid dienone is 4. The Kier molecular flexibility index (Phi) is 7.05. The Labute approximate surface area is 235 Å². The summed E-state index contributed by atoms with van der Waals surface area (Å²) in [5.74, 6) is 0. The Hall–Kier alpha value is -4.32. The van der Waals surface area contributed by atoms with Gasteiger partial charge < -0.3 is 9.47 Å². The topological polar surface area (TPSA) is 59.1 Å². The van der Waals surface area contributed by atoms with Gasteiger partial charge >= 0.3 is 12.2 Å². The van der Waals surface area contributed by atoms with Crippen LogP contribution in [-0.2, 0) is 9.47 Å². The number of nitrogens with zero attached hydrogens (tertiary/aromatic N) is 2. The zero-order valence-electron chi connectivity index (χ0n) is 23.9. The SMILES string of the molecule is CC(C)(C)OC(=O)N1C=CC=CC1c1c2ccccc2c(C2C=CC=CN2C(=O)OC(C)(C)C)c2ccccc12. The maximum Gasteiger partial charge on any atom is 0.415 e. The van der Waals surface area contributed by atoms with Crippen molar-refractivity contribution in [3.05, 3.63) is 109 Å². The van der Waals surface area contributed by atoms with Crippen LogP contribution in [0.25, 0.3) is 21.5 Å². The van der Waals surface area contributed by atoms with Crippen LogP contribution in [0.5, 0.6) is 0 Å². The average Bonchev–Trinajstić information content (AvgIpc) is 2.90. The number of amides is 2. The molecule has 0 saturated carbocycles. The van der Waals surface area contributed by atoms with Gasteiger partial charge in [0.15, 0.2) is 0 Å². The van der Waals surface area contributed by atoms with Gasteiger partial charge in [-0.1, -0.05) is 72.8 Å². The summed E-state index contributed by atoms with van der Waals surface area (Å²) in [6, 6.07) is 15.6. The molecule has 2 amide bonds. The molecule has 6 nitrogen and oxygen atoms in total. The minimum Gasteiger partial charge on any atom is -0.443 e. The van der Waals surface area contributed by atoms with Crippen LogP contribution >= 0.6 is 0 Å². The maximum absolute atomic E-state index is 13.4. The highest BCUT2D eigenvalue weighted by atomic mass is 16.6. The van der Waals surface area contributed by atoms with E-state index in [2.05, 4.69) is 24.3 Å². The number of fused-ring (bicyclic) bond motifs is 2. The minimum absolute atomic E-state index is 0.382. The van der Waals surface area contributed by atoms with Gasteiger partial charge in [-0.25, -0.2) is 9.59 Å². The molecule has 0 N–H and O–H groups in total. The molecule has 2 aliphatic heterocycles. The molecule has 2 atom stereocenters. The molecule has 0 spiro atoms. The lowest BCUT2D eigenvalue weighted by atomic mass is 9.84. The molecule has 2 heterocycles. The van der Waals surface area contributed by atoms with E-state index in [9.17, 15) is 9.59 Å². The largest absolute Gasteiger partial charge is 0.443 e. The lowest BCUT2D eigenvalue weighted by molar-refractivity contribution is 0.0283. The fourth-order valence-corrected chi connectivity index (χ4v) is 5.28. The van der Waals surface area contributed by atoms with Crippen molar-refractivity contribution in [1.29, 1.82) is 0 Å². The summed E-state index contributed by atoms with van der Waals surface area (Å²) < 4.78 is 11.6. The number of hydrogen-bond acceptors (Lipinski definition) is 4. The fourth-order valence-electron chi connectivity index (χ4n) is 5.28. The van der Waals surface area contributed by atoms with E-state index in [0.717, 1.165) is 32.7 Å². The molecule has 6 heteroatoms. The van der Waals surface area contributed by atoms with Gasteiger partial charge in [0, 0.05) is 12.4 Å². The van der Waals surface area contributed by atoms with E-state index in [4.69, 9.17) is 9.47 Å². The van der Waals surface area contributed by atoms with E-state index < -0.39 is 23.4 Å². The van der Waals surface area contributed by atoms with Gasteiger partial charge in [-0.3, -0.25) is 9.80 Å². The zero-order valence-corrected chi connectivity index (χ0v) is 23.9. The van der Waals surface area contributed by atoms with Gasteiger partial charge in [-0.05, 0) is 86.4 Å². The van der Waals surface area contributed by atoms with Crippen molar-refractivity contribution in [2.45, 2.75) is 64.8 Å². The Morgan fingerprint density at radius 1 is 0.575 bits per heavy atom. The summed E-state index contributed by atoms with van der Waals surface area (Å²) in [5, 5.41) is 4.01. The third kappa shape index (κ3) is 5.39. The molecule has 206 valence electrons. The standard InChI is InChI=1S/C34H36N2O4/c1-33(2,3)39-31(37)35-21-13-11-19-27(35)29-23-15-7-9-17-25(23)30(26-18-10-8-16-24(26)29)28-20-12-14-22-36(28)32(38)40-34(4,5)6/h7-22,27-28H,1-6H3. The summed E-state index contributed by atoms with van der Waals surface area (Å²) in [5.41, 5.74) is 0.744. The van der Waals surface area contributed by atoms with Gasteiger partial charge in [-0.15, -0.1) is 0 Å². The predicted octanol–water partition coefficient (Wildman–Crippen LogP) is 8.72. The first kappa shape index (κ1) is 27.3. The predicted molar refractivity (Wildman–Crippen MR) is 160 cm³/mol. The van der Waals surface area contributed by atoms with Crippen LogP contribution < -0.4 is 0 Å². The van der Waals surface area contributed by atoms with Crippen LogP contribution in [0, 0.1) is 0 Å². The van der Waals surface area contributed by atoms with Crippen molar-refractivity contribution in [1.82, 2.24) is 9.80 Å². The Bertz CT molecular complexity index is 1410. The molecule has 2 unspecified atom stereocenters. The molecule has 5 rings (SSSR count). The van der Waals surface area contributed by atoms with E-state index in [0.29, 0.717) is 0 Å². The second-order valence-corrected chi connectivity index (χ2v) is 12.0. The molecule has 0 aromatic heterocycles.